The van der Waals surface area contributed by atoms with E-state index in [-0.39, 0.29) is 0 Å². The number of benzene rings is 1. The monoisotopic (exact) mass is 284 g/mol. The molecule has 1 aromatic carbocycles. The Labute approximate surface area is 116 Å². The number of nitrogens with zero attached hydrogens (tertiary/aromatic N) is 2. The maximum absolute atomic E-state index is 5.98. The molecule has 0 saturated carbocycles. The molecule has 0 unspecified atom stereocenters. The van der Waals surface area contributed by atoms with Crippen LogP contribution in [0.25, 0.3) is 0 Å². The second-order valence-corrected chi connectivity index (χ2v) is 4.94. The fourth-order valence-corrected chi connectivity index (χ4v) is 2.24. The van der Waals surface area contributed by atoms with Crippen molar-refractivity contribution >= 4 is 34.7 Å². The van der Waals surface area contributed by atoms with Crippen LogP contribution in [0.1, 0.15) is 11.3 Å². The van der Waals surface area contributed by atoms with E-state index in [9.17, 15) is 0 Å². The summed E-state index contributed by atoms with van der Waals surface area (Å²) >= 11 is 12.0. The summed E-state index contributed by atoms with van der Waals surface area (Å²) in [4.78, 5) is 0. The average Bonchev–Trinajstić information content (AvgIpc) is 2.62. The topological polar surface area (TPSA) is 55.9 Å². The van der Waals surface area contributed by atoms with Gasteiger partial charge in [0, 0.05) is 19.7 Å². The van der Waals surface area contributed by atoms with Crippen LogP contribution in [0.15, 0.2) is 18.2 Å². The van der Waals surface area contributed by atoms with Gasteiger partial charge in [0.25, 0.3) is 0 Å². The summed E-state index contributed by atoms with van der Waals surface area (Å²) in [5.74, 6) is 0.941. The molecule has 0 aliphatic heterocycles. The van der Waals surface area contributed by atoms with E-state index in [4.69, 9.17) is 28.9 Å². The second-order valence-electron chi connectivity index (χ2n) is 4.12. The van der Waals surface area contributed by atoms with Crippen molar-refractivity contribution in [2.75, 3.05) is 11.1 Å². The van der Waals surface area contributed by atoms with E-state index in [1.807, 2.05) is 20.0 Å². The van der Waals surface area contributed by atoms with Crippen LogP contribution in [0.2, 0.25) is 10.0 Å². The lowest BCUT2D eigenvalue weighted by atomic mass is 10.2. The zero-order chi connectivity index (χ0) is 13.3. The molecular weight excluding hydrogens is 271 g/mol. The molecule has 0 atom stereocenters. The number of hydrogen-bond donors (Lipinski definition) is 2. The molecule has 0 saturated heterocycles. The quantitative estimate of drug-likeness (QED) is 0.851. The highest BCUT2D eigenvalue weighted by molar-refractivity contribution is 6.38. The fraction of sp³-hybridized carbons (Fsp3) is 0.250. The zero-order valence-electron chi connectivity index (χ0n) is 10.2. The van der Waals surface area contributed by atoms with E-state index in [2.05, 4.69) is 10.4 Å². The molecule has 3 N–H and O–H groups in total. The van der Waals surface area contributed by atoms with Crippen LogP contribution in [0.4, 0.5) is 11.5 Å². The molecule has 18 heavy (non-hydrogen) atoms. The first kappa shape index (κ1) is 13.1. The van der Waals surface area contributed by atoms with Gasteiger partial charge in [0.1, 0.15) is 5.82 Å². The van der Waals surface area contributed by atoms with Crippen LogP contribution >= 0.6 is 23.2 Å². The molecule has 2 rings (SSSR count). The number of halogens is 2. The Kier molecular flexibility index (Phi) is 3.68. The maximum atomic E-state index is 5.98. The molecule has 1 aromatic heterocycles. The molecule has 0 radical (unpaired) electrons. The molecule has 6 heteroatoms. The predicted octanol–water partition coefficient (Wildman–Crippen LogP) is 3.23. The highest BCUT2D eigenvalue weighted by atomic mass is 35.5. The third-order valence-corrected chi connectivity index (χ3v) is 3.24. The van der Waals surface area contributed by atoms with Crippen molar-refractivity contribution in [3.05, 3.63) is 39.5 Å². The van der Waals surface area contributed by atoms with E-state index >= 15 is 0 Å². The van der Waals surface area contributed by atoms with Crippen molar-refractivity contribution in [3.63, 3.8) is 0 Å². The van der Waals surface area contributed by atoms with Crippen LogP contribution in [-0.2, 0) is 13.6 Å². The Morgan fingerprint density at radius 2 is 1.89 bits per heavy atom. The van der Waals surface area contributed by atoms with E-state index in [1.54, 1.807) is 16.8 Å². The third-order valence-electron chi connectivity index (χ3n) is 2.61. The van der Waals surface area contributed by atoms with Gasteiger partial charge in [-0.15, -0.1) is 0 Å². The fourth-order valence-electron chi connectivity index (χ4n) is 1.71. The standard InChI is InChI=1S/C12H14Cl2N4/c1-7-3-11(18(2)17-7)16-6-8-4-9(13)12(15)10(14)5-8/h3-5,16H,6,15H2,1-2H3. The highest BCUT2D eigenvalue weighted by Gasteiger charge is 2.06. The third kappa shape index (κ3) is 2.71. The molecule has 1 heterocycles. The lowest BCUT2D eigenvalue weighted by Gasteiger charge is -2.09. The van der Waals surface area contributed by atoms with Crippen LogP contribution < -0.4 is 11.1 Å². The number of anilines is 2. The number of nitrogens with one attached hydrogen (secondary N) is 1. The molecule has 0 aliphatic rings. The number of rotatable bonds is 3. The van der Waals surface area contributed by atoms with Gasteiger partial charge in [0.05, 0.1) is 21.4 Å². The lowest BCUT2D eigenvalue weighted by Crippen LogP contribution is -2.05. The summed E-state index contributed by atoms with van der Waals surface area (Å²) in [6, 6.07) is 5.58. The van der Waals surface area contributed by atoms with Crippen molar-refractivity contribution < 1.29 is 0 Å². The normalized spacial score (nSPS) is 10.7. The van der Waals surface area contributed by atoms with E-state index < -0.39 is 0 Å². The van der Waals surface area contributed by atoms with Gasteiger partial charge in [0.15, 0.2) is 0 Å². The minimum absolute atomic E-state index is 0.415. The van der Waals surface area contributed by atoms with Crippen LogP contribution in [0.5, 0.6) is 0 Å². The van der Waals surface area contributed by atoms with Gasteiger partial charge < -0.3 is 11.1 Å². The van der Waals surface area contributed by atoms with Gasteiger partial charge in [-0.1, -0.05) is 23.2 Å². The molecule has 96 valence electrons. The zero-order valence-corrected chi connectivity index (χ0v) is 11.7. The summed E-state index contributed by atoms with van der Waals surface area (Å²) in [6.07, 6.45) is 0. The lowest BCUT2D eigenvalue weighted by molar-refractivity contribution is 0.758. The highest BCUT2D eigenvalue weighted by Crippen LogP contribution is 2.29. The van der Waals surface area contributed by atoms with Crippen molar-refractivity contribution in [2.24, 2.45) is 7.05 Å². The molecular formula is C12H14Cl2N4. The number of hydrogen-bond acceptors (Lipinski definition) is 3. The van der Waals surface area contributed by atoms with Crippen molar-refractivity contribution in [2.45, 2.75) is 13.5 Å². The number of aromatic nitrogens is 2. The van der Waals surface area contributed by atoms with Crippen molar-refractivity contribution in [1.82, 2.24) is 9.78 Å². The average molecular weight is 285 g/mol. The summed E-state index contributed by atoms with van der Waals surface area (Å²) in [7, 11) is 1.89. The van der Waals surface area contributed by atoms with Gasteiger partial charge in [-0.2, -0.15) is 5.10 Å². The van der Waals surface area contributed by atoms with E-state index in [0.717, 1.165) is 17.1 Å². The number of nitrogen functional groups attached to an aromatic ring is 1. The van der Waals surface area contributed by atoms with Gasteiger partial charge >= 0.3 is 0 Å². The van der Waals surface area contributed by atoms with Crippen LogP contribution in [-0.4, -0.2) is 9.78 Å². The Balaban J connectivity index is 2.13. The maximum Gasteiger partial charge on any atom is 0.124 e. The van der Waals surface area contributed by atoms with E-state index in [1.165, 1.54) is 0 Å². The van der Waals surface area contributed by atoms with Crippen molar-refractivity contribution in [1.29, 1.82) is 0 Å². The second kappa shape index (κ2) is 5.08. The first-order valence-electron chi connectivity index (χ1n) is 5.45. The molecule has 2 aromatic rings. The minimum Gasteiger partial charge on any atom is -0.396 e. The molecule has 0 fully saturated rings. The Bertz CT molecular complexity index is 554. The SMILES string of the molecule is Cc1cc(NCc2cc(Cl)c(N)c(Cl)c2)n(C)n1. The molecule has 0 aliphatic carbocycles. The number of aryl methyl sites for hydroxylation is 2. The molecule has 0 spiro atoms. The van der Waals surface area contributed by atoms with Gasteiger partial charge in [0.2, 0.25) is 0 Å². The Hall–Kier alpha value is -1.39. The first-order valence-corrected chi connectivity index (χ1v) is 6.21. The summed E-state index contributed by atoms with van der Waals surface area (Å²) in [5, 5.41) is 8.47. The first-order chi connectivity index (χ1) is 8.47. The van der Waals surface area contributed by atoms with Crippen LogP contribution in [0.3, 0.4) is 0 Å². The smallest absolute Gasteiger partial charge is 0.124 e. The predicted molar refractivity (Wildman–Crippen MR) is 76.1 cm³/mol. The Morgan fingerprint density at radius 1 is 1.28 bits per heavy atom. The van der Waals surface area contributed by atoms with Gasteiger partial charge in [-0.25, -0.2) is 0 Å². The minimum atomic E-state index is 0.415. The summed E-state index contributed by atoms with van der Waals surface area (Å²) in [5.41, 5.74) is 8.04. The van der Waals surface area contributed by atoms with Gasteiger partial charge in [-0.05, 0) is 24.6 Å². The molecule has 0 amide bonds. The summed E-state index contributed by atoms with van der Waals surface area (Å²) < 4.78 is 1.79. The molecule has 0 bridgehead atoms. The Morgan fingerprint density at radius 3 is 2.39 bits per heavy atom. The summed E-state index contributed by atoms with van der Waals surface area (Å²) in [6.45, 7) is 2.56. The van der Waals surface area contributed by atoms with Crippen LogP contribution in [0, 0.1) is 6.92 Å². The molecule has 4 nitrogen and oxygen atoms in total. The van der Waals surface area contributed by atoms with E-state index in [0.29, 0.717) is 22.3 Å². The van der Waals surface area contributed by atoms with Crippen molar-refractivity contribution in [3.8, 4) is 0 Å². The van der Waals surface area contributed by atoms with Gasteiger partial charge in [-0.3, -0.25) is 4.68 Å². The largest absolute Gasteiger partial charge is 0.396 e. The number of nitrogens with two attached hydrogens (primary N) is 1.